The summed E-state index contributed by atoms with van der Waals surface area (Å²) in [5.41, 5.74) is -1.62. The molecule has 3 N–H and O–H groups in total. The molecule has 2 aromatic carbocycles. The van der Waals surface area contributed by atoms with Crippen molar-refractivity contribution >= 4 is 34.5 Å². The van der Waals surface area contributed by atoms with Crippen LogP contribution in [-0.2, 0) is 45.8 Å². The lowest BCUT2D eigenvalue weighted by Gasteiger charge is -2.63. The van der Waals surface area contributed by atoms with E-state index in [1.54, 1.807) is 7.11 Å². The number of nitrogens with zero attached hydrogens (tertiary/aromatic N) is 3. The molecule has 3 fully saturated rings. The number of likely N-dealkylation sites (N-methyl/N-ethyl adjacent to an activating group) is 1. The Morgan fingerprint density at radius 1 is 0.949 bits per heavy atom. The van der Waals surface area contributed by atoms with Gasteiger partial charge in [0.05, 0.1) is 33.0 Å². The first-order chi connectivity index (χ1) is 28.2. The number of aromatic nitrogens is 1. The summed E-state index contributed by atoms with van der Waals surface area (Å²) in [4.78, 5) is 53.2. The fraction of sp³-hybridized carbons (Fsp3) is 0.587. The molecule has 5 unspecified atom stereocenters. The predicted molar refractivity (Wildman–Crippen MR) is 220 cm³/mol. The number of aromatic amines is 1. The van der Waals surface area contributed by atoms with Crippen molar-refractivity contribution in [3.8, 4) is 5.75 Å². The molecule has 0 amide bonds. The molecule has 59 heavy (non-hydrogen) atoms. The Balaban J connectivity index is 1.36. The first kappa shape index (κ1) is 40.0. The molecular formula is C46H58N4O9. The van der Waals surface area contributed by atoms with Crippen LogP contribution in [0, 0.1) is 11.3 Å². The van der Waals surface area contributed by atoms with Crippen LogP contribution in [0.4, 0.5) is 5.69 Å². The minimum atomic E-state index is -2.30. The standard InChI is InChI=1S/C46H58N4O9/c1-8-42(54)23-28-24-45(40(52)57-6,36-30(15-19-49(25-28)26-42)29-13-10-11-14-33(29)47-36)32-21-31-34(22-35(32)56-5)48(4)38-44(31)17-20-50-18-12-16-43(9-2,37(44)50)39(59-27(3)51)46(38,55)41(53)58-7/h10-14,16,21-22,28,37-39,47,54-55H,8-9,15,17-20,23-26H2,1-7H3/t28?,37?,38?,39?,42-,43-,44+,45-,46+/m1/s1. The summed E-state index contributed by atoms with van der Waals surface area (Å²) in [6.07, 6.45) is 5.94. The zero-order valence-electron chi connectivity index (χ0n) is 35.3. The number of methoxy groups -OCH3 is 3. The van der Waals surface area contributed by atoms with Crippen LogP contribution in [0.2, 0.25) is 0 Å². The second kappa shape index (κ2) is 13.8. The quantitative estimate of drug-likeness (QED) is 0.180. The number of esters is 3. The molecule has 9 rings (SSSR count). The number of rotatable bonds is 7. The van der Waals surface area contributed by atoms with E-state index in [0.717, 1.165) is 33.4 Å². The second-order valence-electron chi connectivity index (χ2n) is 18.2. The monoisotopic (exact) mass is 810 g/mol. The highest BCUT2D eigenvalue weighted by molar-refractivity contribution is 5.95. The van der Waals surface area contributed by atoms with E-state index in [-0.39, 0.29) is 12.0 Å². The van der Waals surface area contributed by atoms with Crippen molar-refractivity contribution in [3.05, 3.63) is 70.9 Å². The minimum absolute atomic E-state index is 0.0986. The Hall–Kier alpha value is -4.43. The molecule has 316 valence electrons. The van der Waals surface area contributed by atoms with Gasteiger partial charge in [0, 0.05) is 90.9 Å². The molecule has 3 aromatic rings. The van der Waals surface area contributed by atoms with Gasteiger partial charge >= 0.3 is 17.9 Å². The van der Waals surface area contributed by atoms with Crippen molar-refractivity contribution in [3.63, 3.8) is 0 Å². The first-order valence-corrected chi connectivity index (χ1v) is 21.2. The molecule has 1 aromatic heterocycles. The highest BCUT2D eigenvalue weighted by Gasteiger charge is 2.80. The number of aliphatic hydroxyl groups is 2. The number of ether oxygens (including phenoxy) is 4. The topological polar surface area (TPSA) is 154 Å². The smallest absolute Gasteiger partial charge is 0.344 e. The molecular weight excluding hydrogens is 753 g/mol. The van der Waals surface area contributed by atoms with E-state index in [2.05, 4.69) is 39.1 Å². The van der Waals surface area contributed by atoms with E-state index in [0.29, 0.717) is 82.6 Å². The third kappa shape index (κ3) is 5.20. The second-order valence-corrected chi connectivity index (χ2v) is 18.2. The third-order valence-electron chi connectivity index (χ3n) is 15.6. The summed E-state index contributed by atoms with van der Waals surface area (Å²) < 4.78 is 23.9. The average molecular weight is 811 g/mol. The van der Waals surface area contributed by atoms with Gasteiger partial charge in [-0.1, -0.05) is 44.2 Å². The van der Waals surface area contributed by atoms with Gasteiger partial charge in [-0.2, -0.15) is 0 Å². The Labute approximate surface area is 345 Å². The predicted octanol–water partition coefficient (Wildman–Crippen LogP) is 3.99. The Kier molecular flexibility index (Phi) is 9.36. The van der Waals surface area contributed by atoms with Crippen molar-refractivity contribution in [2.75, 3.05) is 66.0 Å². The van der Waals surface area contributed by atoms with Crippen LogP contribution in [0.1, 0.15) is 75.3 Å². The highest BCUT2D eigenvalue weighted by Crippen LogP contribution is 2.68. The van der Waals surface area contributed by atoms with Gasteiger partial charge in [-0.15, -0.1) is 0 Å². The zero-order valence-corrected chi connectivity index (χ0v) is 35.3. The van der Waals surface area contributed by atoms with Gasteiger partial charge in [0.1, 0.15) is 11.2 Å². The van der Waals surface area contributed by atoms with Gasteiger partial charge in [-0.25, -0.2) is 4.79 Å². The molecule has 1 aliphatic carbocycles. The first-order valence-electron chi connectivity index (χ1n) is 21.2. The SMILES string of the molecule is CC[C@@]1(O)CC2CN(CCc3c([nH]c4ccccc34)[C@](C(=O)OC)(c3cc4c(cc3OC)N(C)C3[C@@](O)(C(=O)OC)C(OC(C)=O)[C@]5(CC)C=CCN6CC[C@@]43C65)C2)C1. The summed E-state index contributed by atoms with van der Waals surface area (Å²) in [7, 11) is 6.15. The summed E-state index contributed by atoms with van der Waals surface area (Å²) >= 11 is 0. The van der Waals surface area contributed by atoms with E-state index in [1.807, 2.05) is 50.1 Å². The molecule has 1 spiro atoms. The number of piperidine rings is 1. The molecule has 6 heterocycles. The maximum atomic E-state index is 15.3. The number of fused-ring (bicyclic) bond motifs is 6. The van der Waals surface area contributed by atoms with Crippen LogP contribution in [0.25, 0.3) is 10.9 Å². The van der Waals surface area contributed by atoms with Crippen molar-refractivity contribution in [1.29, 1.82) is 0 Å². The van der Waals surface area contributed by atoms with Crippen LogP contribution in [-0.4, -0.2) is 133 Å². The van der Waals surface area contributed by atoms with Crippen LogP contribution >= 0.6 is 0 Å². The molecule has 2 bridgehead atoms. The van der Waals surface area contributed by atoms with Gasteiger partial charge in [-0.3, -0.25) is 19.4 Å². The number of nitrogens with one attached hydrogen (secondary N) is 1. The Morgan fingerprint density at radius 3 is 2.41 bits per heavy atom. The maximum absolute atomic E-state index is 15.3. The Morgan fingerprint density at radius 2 is 1.71 bits per heavy atom. The number of anilines is 1. The van der Waals surface area contributed by atoms with Crippen LogP contribution in [0.15, 0.2) is 48.6 Å². The highest BCUT2D eigenvalue weighted by atomic mass is 16.6. The van der Waals surface area contributed by atoms with Crippen molar-refractivity contribution in [2.24, 2.45) is 11.3 Å². The molecule has 13 heteroatoms. The van der Waals surface area contributed by atoms with Crippen molar-refractivity contribution in [1.82, 2.24) is 14.8 Å². The Bertz CT molecular complexity index is 2260. The number of carbonyl (C=O) groups excluding carboxylic acids is 3. The van der Waals surface area contributed by atoms with Gasteiger partial charge < -0.3 is 39.0 Å². The number of H-pyrrole nitrogens is 1. The number of benzene rings is 2. The lowest BCUT2D eigenvalue weighted by molar-refractivity contribution is -0.228. The van der Waals surface area contributed by atoms with Gasteiger partial charge in [0.2, 0.25) is 5.60 Å². The van der Waals surface area contributed by atoms with Crippen LogP contribution < -0.4 is 9.64 Å². The number of hydrogen-bond acceptors (Lipinski definition) is 12. The van der Waals surface area contributed by atoms with E-state index in [1.165, 1.54) is 21.1 Å². The number of hydrogen-bond donors (Lipinski definition) is 3. The van der Waals surface area contributed by atoms with E-state index >= 15 is 4.79 Å². The molecule has 6 aliphatic rings. The molecule has 0 radical (unpaired) electrons. The fourth-order valence-electron chi connectivity index (χ4n) is 13.5. The molecule has 2 saturated heterocycles. The van der Waals surface area contributed by atoms with Gasteiger partial charge in [0.15, 0.2) is 6.10 Å². The van der Waals surface area contributed by atoms with Crippen LogP contribution in [0.3, 0.4) is 0 Å². The number of para-hydroxylation sites is 1. The van der Waals surface area contributed by atoms with Crippen LogP contribution in [0.5, 0.6) is 5.75 Å². The third-order valence-corrected chi connectivity index (χ3v) is 15.6. The van der Waals surface area contributed by atoms with Gasteiger partial charge in [-0.05, 0) is 74.2 Å². The minimum Gasteiger partial charge on any atom is -0.496 e. The molecule has 13 nitrogen and oxygen atoms in total. The van der Waals surface area contributed by atoms with Crippen molar-refractivity contribution in [2.45, 2.75) is 99.5 Å². The molecule has 5 aliphatic heterocycles. The maximum Gasteiger partial charge on any atom is 0.344 e. The van der Waals surface area contributed by atoms with E-state index in [9.17, 15) is 19.8 Å². The molecule has 1 saturated carbocycles. The van der Waals surface area contributed by atoms with E-state index < -0.39 is 57.5 Å². The molecule has 10 atom stereocenters. The van der Waals surface area contributed by atoms with Crippen molar-refractivity contribution < 1.29 is 43.5 Å². The zero-order chi connectivity index (χ0) is 41.9. The summed E-state index contributed by atoms with van der Waals surface area (Å²) in [5, 5.41) is 26.3. The van der Waals surface area contributed by atoms with Gasteiger partial charge in [0.25, 0.3) is 0 Å². The largest absolute Gasteiger partial charge is 0.496 e. The normalized spacial score (nSPS) is 37.0. The lowest BCUT2D eigenvalue weighted by Crippen LogP contribution is -2.81. The summed E-state index contributed by atoms with van der Waals surface area (Å²) in [6.45, 7) is 8.62. The fourth-order valence-corrected chi connectivity index (χ4v) is 13.5. The average Bonchev–Trinajstić information content (AvgIpc) is 3.90. The summed E-state index contributed by atoms with van der Waals surface area (Å²) in [5.74, 6) is -1.56. The lowest BCUT2D eigenvalue weighted by atomic mass is 9.47. The van der Waals surface area contributed by atoms with E-state index in [4.69, 9.17) is 18.9 Å². The number of carbonyl (C=O) groups is 3. The summed E-state index contributed by atoms with van der Waals surface area (Å²) in [6, 6.07) is 11.0.